The molecule has 2 aliphatic heterocycles. The molecule has 0 aromatic rings. The maximum atomic E-state index is 5.89. The molecule has 106 valence electrons. The minimum absolute atomic E-state index is 0.370. The Bertz CT molecular complexity index is 239. The Hall–Kier alpha value is 0.190. The first-order valence-electron chi connectivity index (χ1n) is 7.08. The highest BCUT2D eigenvalue weighted by Crippen LogP contribution is 2.21. The van der Waals surface area contributed by atoms with Crippen molar-refractivity contribution in [3.63, 3.8) is 0 Å². The fourth-order valence-corrected chi connectivity index (χ4v) is 3.14. The van der Waals surface area contributed by atoms with Crippen LogP contribution in [-0.2, 0) is 9.47 Å². The third-order valence-corrected chi connectivity index (χ3v) is 4.69. The summed E-state index contributed by atoms with van der Waals surface area (Å²) in [7, 11) is 0. The SMILES string of the molecule is CCOCC1CC(CC(C)OCC2CSN2)CN1. The lowest BCUT2D eigenvalue weighted by atomic mass is 9.99. The van der Waals surface area contributed by atoms with Gasteiger partial charge in [0.15, 0.2) is 0 Å². The Balaban J connectivity index is 1.55. The van der Waals surface area contributed by atoms with Gasteiger partial charge in [-0.15, -0.1) is 0 Å². The summed E-state index contributed by atoms with van der Waals surface area (Å²) < 4.78 is 14.6. The predicted molar refractivity (Wildman–Crippen MR) is 75.8 cm³/mol. The molecule has 5 heteroatoms. The largest absolute Gasteiger partial charge is 0.380 e. The molecule has 0 bridgehead atoms. The Morgan fingerprint density at radius 2 is 2.17 bits per heavy atom. The lowest BCUT2D eigenvalue weighted by Gasteiger charge is -2.28. The molecule has 0 saturated carbocycles. The summed E-state index contributed by atoms with van der Waals surface area (Å²) in [4.78, 5) is 0. The van der Waals surface area contributed by atoms with Crippen LogP contribution in [0.3, 0.4) is 0 Å². The summed E-state index contributed by atoms with van der Waals surface area (Å²) in [5.74, 6) is 1.93. The van der Waals surface area contributed by atoms with E-state index in [9.17, 15) is 0 Å². The second-order valence-corrected chi connectivity index (χ2v) is 6.23. The second kappa shape index (κ2) is 7.70. The molecule has 4 atom stereocenters. The molecule has 0 aliphatic carbocycles. The van der Waals surface area contributed by atoms with Crippen LogP contribution < -0.4 is 10.0 Å². The minimum Gasteiger partial charge on any atom is -0.380 e. The van der Waals surface area contributed by atoms with Crippen LogP contribution in [0.2, 0.25) is 0 Å². The lowest BCUT2D eigenvalue weighted by Crippen LogP contribution is -2.41. The van der Waals surface area contributed by atoms with E-state index in [1.807, 2.05) is 0 Å². The molecule has 0 aromatic heterocycles. The van der Waals surface area contributed by atoms with Crippen molar-refractivity contribution in [3.05, 3.63) is 0 Å². The predicted octanol–water partition coefficient (Wildman–Crippen LogP) is 1.42. The Morgan fingerprint density at radius 3 is 2.83 bits per heavy atom. The smallest absolute Gasteiger partial charge is 0.0640 e. The van der Waals surface area contributed by atoms with Gasteiger partial charge >= 0.3 is 0 Å². The van der Waals surface area contributed by atoms with Gasteiger partial charge in [0.05, 0.1) is 25.4 Å². The van der Waals surface area contributed by atoms with E-state index in [0.29, 0.717) is 18.2 Å². The quantitative estimate of drug-likeness (QED) is 0.655. The molecule has 4 nitrogen and oxygen atoms in total. The molecule has 0 radical (unpaired) electrons. The van der Waals surface area contributed by atoms with Crippen molar-refractivity contribution in [1.82, 2.24) is 10.0 Å². The van der Waals surface area contributed by atoms with Crippen LogP contribution >= 0.6 is 11.9 Å². The molecule has 18 heavy (non-hydrogen) atoms. The summed E-state index contributed by atoms with van der Waals surface area (Å²) in [5, 5.41) is 3.54. The van der Waals surface area contributed by atoms with E-state index in [2.05, 4.69) is 23.9 Å². The van der Waals surface area contributed by atoms with Gasteiger partial charge in [0.2, 0.25) is 0 Å². The zero-order chi connectivity index (χ0) is 12.8. The Kier molecular flexibility index (Phi) is 6.24. The molecular formula is C13H26N2O2S. The van der Waals surface area contributed by atoms with E-state index in [1.54, 1.807) is 11.9 Å². The van der Waals surface area contributed by atoms with Gasteiger partial charge in [0.25, 0.3) is 0 Å². The maximum Gasteiger partial charge on any atom is 0.0640 e. The number of hydrogen-bond acceptors (Lipinski definition) is 5. The fourth-order valence-electron chi connectivity index (χ4n) is 2.57. The molecule has 0 aromatic carbocycles. The van der Waals surface area contributed by atoms with Gasteiger partial charge in [0.1, 0.15) is 0 Å². The Morgan fingerprint density at radius 1 is 1.33 bits per heavy atom. The van der Waals surface area contributed by atoms with E-state index in [0.717, 1.165) is 38.7 Å². The van der Waals surface area contributed by atoms with Crippen molar-refractivity contribution < 1.29 is 9.47 Å². The van der Waals surface area contributed by atoms with E-state index in [1.165, 1.54) is 12.2 Å². The highest BCUT2D eigenvalue weighted by atomic mass is 32.2. The van der Waals surface area contributed by atoms with Gasteiger partial charge in [-0.2, -0.15) is 0 Å². The third-order valence-electron chi connectivity index (χ3n) is 3.62. The summed E-state index contributed by atoms with van der Waals surface area (Å²) in [6.07, 6.45) is 2.76. The average Bonchev–Trinajstić information content (AvgIpc) is 2.72. The molecular weight excluding hydrogens is 248 g/mol. The van der Waals surface area contributed by atoms with Crippen molar-refractivity contribution in [2.24, 2.45) is 5.92 Å². The minimum atomic E-state index is 0.370. The Labute approximate surface area is 115 Å². The van der Waals surface area contributed by atoms with Crippen LogP contribution in [0.15, 0.2) is 0 Å². The van der Waals surface area contributed by atoms with Crippen molar-refractivity contribution in [2.75, 3.05) is 32.1 Å². The van der Waals surface area contributed by atoms with E-state index in [4.69, 9.17) is 9.47 Å². The van der Waals surface area contributed by atoms with Crippen molar-refractivity contribution in [3.8, 4) is 0 Å². The van der Waals surface area contributed by atoms with Gasteiger partial charge in [-0.25, -0.2) is 0 Å². The van der Waals surface area contributed by atoms with Crippen molar-refractivity contribution in [2.45, 2.75) is 44.9 Å². The van der Waals surface area contributed by atoms with Crippen LogP contribution in [0.1, 0.15) is 26.7 Å². The maximum absolute atomic E-state index is 5.89. The molecule has 2 saturated heterocycles. The van der Waals surface area contributed by atoms with E-state index >= 15 is 0 Å². The normalized spacial score (nSPS) is 33.3. The van der Waals surface area contributed by atoms with Crippen molar-refractivity contribution in [1.29, 1.82) is 0 Å². The standard InChI is InChI=1S/C13H26N2O2S/c1-3-16-7-12-5-11(6-14-12)4-10(2)17-8-13-9-18-15-13/h10-15H,3-9H2,1-2H3. The van der Waals surface area contributed by atoms with Gasteiger partial charge in [-0.1, -0.05) is 11.9 Å². The van der Waals surface area contributed by atoms with Crippen LogP contribution in [0, 0.1) is 5.92 Å². The van der Waals surface area contributed by atoms with Gasteiger partial charge in [-0.3, -0.25) is 4.72 Å². The van der Waals surface area contributed by atoms with Crippen LogP contribution in [0.4, 0.5) is 0 Å². The van der Waals surface area contributed by atoms with Gasteiger partial charge in [-0.05, 0) is 39.2 Å². The number of hydrogen-bond donors (Lipinski definition) is 2. The molecule has 2 aliphatic rings. The first-order valence-corrected chi connectivity index (χ1v) is 8.06. The first kappa shape index (κ1) is 14.6. The average molecular weight is 274 g/mol. The number of ether oxygens (including phenoxy) is 2. The number of rotatable bonds is 8. The van der Waals surface area contributed by atoms with Gasteiger partial charge in [0, 0.05) is 18.4 Å². The summed E-state index contributed by atoms with van der Waals surface area (Å²) in [5.41, 5.74) is 0. The highest BCUT2D eigenvalue weighted by molar-refractivity contribution is 7.98. The summed E-state index contributed by atoms with van der Waals surface area (Å²) in [6.45, 7) is 7.89. The zero-order valence-electron chi connectivity index (χ0n) is 11.5. The number of nitrogens with one attached hydrogen (secondary N) is 2. The van der Waals surface area contributed by atoms with E-state index < -0.39 is 0 Å². The van der Waals surface area contributed by atoms with Gasteiger partial charge < -0.3 is 14.8 Å². The summed E-state index contributed by atoms with van der Waals surface area (Å²) in [6, 6.07) is 1.12. The molecule has 2 N–H and O–H groups in total. The van der Waals surface area contributed by atoms with E-state index in [-0.39, 0.29) is 0 Å². The lowest BCUT2D eigenvalue weighted by molar-refractivity contribution is 0.0404. The first-order chi connectivity index (χ1) is 8.78. The highest BCUT2D eigenvalue weighted by Gasteiger charge is 2.26. The molecule has 2 heterocycles. The molecule has 2 fully saturated rings. The molecule has 4 unspecified atom stereocenters. The third kappa shape index (κ3) is 4.70. The summed E-state index contributed by atoms with van der Waals surface area (Å²) >= 11 is 1.78. The monoisotopic (exact) mass is 274 g/mol. The van der Waals surface area contributed by atoms with Crippen LogP contribution in [0.5, 0.6) is 0 Å². The topological polar surface area (TPSA) is 42.5 Å². The van der Waals surface area contributed by atoms with Crippen LogP contribution in [-0.4, -0.2) is 50.3 Å². The van der Waals surface area contributed by atoms with Crippen LogP contribution in [0.25, 0.3) is 0 Å². The fraction of sp³-hybridized carbons (Fsp3) is 1.00. The molecule has 0 amide bonds. The molecule has 2 rings (SSSR count). The van der Waals surface area contributed by atoms with Crippen molar-refractivity contribution >= 4 is 11.9 Å². The second-order valence-electron chi connectivity index (χ2n) is 5.37. The zero-order valence-corrected chi connectivity index (χ0v) is 12.3. The molecule has 0 spiro atoms.